The summed E-state index contributed by atoms with van der Waals surface area (Å²) in [7, 11) is 2.47. The summed E-state index contributed by atoms with van der Waals surface area (Å²) in [5.74, 6) is -3.68. The minimum Gasteiger partial charge on any atom is -0.388 e. The molecule has 0 aliphatic heterocycles. The van der Waals surface area contributed by atoms with Crippen LogP contribution < -0.4 is 11.0 Å². The summed E-state index contributed by atoms with van der Waals surface area (Å²) in [4.78, 5) is 12.7. The maximum absolute atomic E-state index is 15.3. The van der Waals surface area contributed by atoms with Gasteiger partial charge in [-0.15, -0.1) is 29.2 Å². The molecule has 2 atom stereocenters. The van der Waals surface area contributed by atoms with E-state index in [1.807, 2.05) is 0 Å². The highest BCUT2D eigenvalue weighted by molar-refractivity contribution is 7.27. The number of aliphatic hydroxyl groups excluding tert-OH is 1. The lowest BCUT2D eigenvalue weighted by atomic mass is 10.1. The van der Waals surface area contributed by atoms with Crippen LogP contribution in [0, 0.1) is 12.8 Å². The van der Waals surface area contributed by atoms with Crippen LogP contribution in [0.15, 0.2) is 23.0 Å². The number of nitrogens with zero attached hydrogens (tertiary/aromatic N) is 6. The molecule has 2 aromatic heterocycles. The fraction of sp³-hybridized carbons (Fsp3) is 0.400. The lowest BCUT2D eigenvalue weighted by molar-refractivity contribution is -0.172. The minimum atomic E-state index is -4.58. The summed E-state index contributed by atoms with van der Waals surface area (Å²) in [6, 6.07) is 5.29. The van der Waals surface area contributed by atoms with Gasteiger partial charge in [-0.3, -0.25) is 9.13 Å². The largest absolute Gasteiger partial charge is 0.393 e. The molecule has 2 heterocycles. The number of alkyl halides is 3. The Morgan fingerprint density at radius 3 is 2.52 bits per heavy atom. The summed E-state index contributed by atoms with van der Waals surface area (Å²) in [6.45, 7) is 3.18. The third kappa shape index (κ3) is 4.91. The standard InChI is InChI=1S/C20H23F4N6O2P/c1-4-28-16(10-31)27-30(19(28)32)18-26-25-17(29(18)9-12(3)20(22,23)24)14(21)8-13-11(2)6-5-7-15(13)33/h5-8,12,31H,4,9-10,33H2,1-3H3/b14-8-/t12-/m1/s1. The second-order valence-corrected chi connectivity index (χ2v) is 8.08. The van der Waals surface area contributed by atoms with Gasteiger partial charge in [0.15, 0.2) is 17.5 Å². The number of aliphatic hydroxyl groups is 1. The van der Waals surface area contributed by atoms with Gasteiger partial charge in [-0.25, -0.2) is 9.18 Å². The molecule has 0 aliphatic carbocycles. The highest BCUT2D eigenvalue weighted by atomic mass is 31.0. The van der Waals surface area contributed by atoms with Gasteiger partial charge < -0.3 is 5.11 Å². The van der Waals surface area contributed by atoms with Crippen LogP contribution in [0.1, 0.15) is 36.6 Å². The molecule has 3 aromatic rings. The van der Waals surface area contributed by atoms with Crippen molar-refractivity contribution in [3.05, 3.63) is 51.5 Å². The minimum absolute atomic E-state index is 0.00829. The van der Waals surface area contributed by atoms with E-state index >= 15 is 4.39 Å². The Balaban J connectivity index is 2.21. The van der Waals surface area contributed by atoms with Gasteiger partial charge in [0, 0.05) is 13.1 Å². The predicted molar refractivity (Wildman–Crippen MR) is 118 cm³/mol. The summed E-state index contributed by atoms with van der Waals surface area (Å²) < 4.78 is 58.0. The number of halogens is 4. The lowest BCUT2D eigenvalue weighted by Crippen LogP contribution is -2.29. The molecular formula is C20H23F4N6O2P. The smallest absolute Gasteiger partial charge is 0.388 e. The number of aromatic nitrogens is 6. The van der Waals surface area contributed by atoms with Crippen molar-refractivity contribution in [2.45, 2.75) is 46.6 Å². The van der Waals surface area contributed by atoms with Crippen LogP contribution in [-0.4, -0.2) is 40.4 Å². The first-order valence-electron chi connectivity index (χ1n) is 10.0. The maximum atomic E-state index is 15.3. The number of hydrogen-bond acceptors (Lipinski definition) is 5. The fourth-order valence-electron chi connectivity index (χ4n) is 3.27. The Morgan fingerprint density at radius 1 is 1.27 bits per heavy atom. The normalized spacial score (nSPS) is 13.5. The summed E-state index contributed by atoms with van der Waals surface area (Å²) in [5, 5.41) is 21.6. The maximum Gasteiger partial charge on any atom is 0.393 e. The van der Waals surface area contributed by atoms with E-state index in [0.29, 0.717) is 10.9 Å². The van der Waals surface area contributed by atoms with Crippen molar-refractivity contribution < 1.29 is 22.7 Å². The summed E-state index contributed by atoms with van der Waals surface area (Å²) >= 11 is 0. The molecule has 13 heteroatoms. The molecule has 1 N–H and O–H groups in total. The van der Waals surface area contributed by atoms with Crippen LogP contribution in [0.2, 0.25) is 0 Å². The van der Waals surface area contributed by atoms with Gasteiger partial charge in [0.2, 0.25) is 0 Å². The monoisotopic (exact) mass is 486 g/mol. The van der Waals surface area contributed by atoms with E-state index in [0.717, 1.165) is 32.4 Å². The molecule has 33 heavy (non-hydrogen) atoms. The van der Waals surface area contributed by atoms with Crippen molar-refractivity contribution in [1.29, 1.82) is 0 Å². The van der Waals surface area contributed by atoms with Gasteiger partial charge in [0.05, 0.1) is 5.92 Å². The Bertz CT molecular complexity index is 1220. The molecule has 0 spiro atoms. The Hall–Kier alpha value is -2.85. The zero-order valence-corrected chi connectivity index (χ0v) is 19.3. The van der Waals surface area contributed by atoms with E-state index in [2.05, 4.69) is 24.5 Å². The third-order valence-electron chi connectivity index (χ3n) is 5.18. The fourth-order valence-corrected chi connectivity index (χ4v) is 3.69. The van der Waals surface area contributed by atoms with E-state index in [1.165, 1.54) is 0 Å². The van der Waals surface area contributed by atoms with Gasteiger partial charge in [-0.05, 0) is 36.4 Å². The molecular weight excluding hydrogens is 463 g/mol. The second kappa shape index (κ2) is 9.56. The van der Waals surface area contributed by atoms with E-state index < -0.39 is 42.6 Å². The van der Waals surface area contributed by atoms with E-state index in [-0.39, 0.29) is 18.3 Å². The average molecular weight is 486 g/mol. The lowest BCUT2D eigenvalue weighted by Gasteiger charge is -2.18. The van der Waals surface area contributed by atoms with Crippen LogP contribution >= 0.6 is 9.24 Å². The van der Waals surface area contributed by atoms with Gasteiger partial charge in [0.1, 0.15) is 6.61 Å². The zero-order valence-electron chi connectivity index (χ0n) is 18.1. The van der Waals surface area contributed by atoms with E-state index in [4.69, 9.17) is 0 Å². The topological polar surface area (TPSA) is 90.8 Å². The Kier molecular flexibility index (Phi) is 7.18. The van der Waals surface area contributed by atoms with Gasteiger partial charge >= 0.3 is 11.9 Å². The van der Waals surface area contributed by atoms with Crippen LogP contribution in [-0.2, 0) is 19.7 Å². The molecule has 8 nitrogen and oxygen atoms in total. The first kappa shape index (κ1) is 24.8. The van der Waals surface area contributed by atoms with Crippen molar-refractivity contribution in [3.8, 4) is 5.95 Å². The first-order valence-corrected chi connectivity index (χ1v) is 10.6. The second-order valence-electron chi connectivity index (χ2n) is 7.46. The van der Waals surface area contributed by atoms with Crippen molar-refractivity contribution >= 4 is 26.4 Å². The number of benzene rings is 1. The van der Waals surface area contributed by atoms with E-state index in [9.17, 15) is 23.1 Å². The molecule has 0 fully saturated rings. The van der Waals surface area contributed by atoms with Gasteiger partial charge in [0.25, 0.3) is 5.95 Å². The molecule has 1 unspecified atom stereocenters. The average Bonchev–Trinajstić information content (AvgIpc) is 3.30. The molecule has 0 saturated carbocycles. The zero-order chi connectivity index (χ0) is 24.5. The molecule has 3 rings (SSSR count). The highest BCUT2D eigenvalue weighted by Crippen LogP contribution is 2.29. The van der Waals surface area contributed by atoms with Crippen LogP contribution in [0.3, 0.4) is 0 Å². The molecule has 0 saturated heterocycles. The molecule has 1 aromatic carbocycles. The summed E-state index contributed by atoms with van der Waals surface area (Å²) in [6.07, 6.45) is -3.42. The Labute approximate surface area is 188 Å². The molecule has 0 amide bonds. The Morgan fingerprint density at radius 2 is 1.97 bits per heavy atom. The van der Waals surface area contributed by atoms with Crippen molar-refractivity contribution in [2.75, 3.05) is 0 Å². The highest BCUT2D eigenvalue weighted by Gasteiger charge is 2.37. The van der Waals surface area contributed by atoms with Crippen molar-refractivity contribution in [3.63, 3.8) is 0 Å². The first-order chi connectivity index (χ1) is 15.5. The van der Waals surface area contributed by atoms with Gasteiger partial charge in [-0.1, -0.05) is 25.1 Å². The molecule has 0 radical (unpaired) electrons. The van der Waals surface area contributed by atoms with Crippen molar-refractivity contribution in [2.24, 2.45) is 5.92 Å². The number of aryl methyl sites for hydroxylation is 1. The van der Waals surface area contributed by atoms with E-state index in [1.54, 1.807) is 32.0 Å². The van der Waals surface area contributed by atoms with Crippen LogP contribution in [0.25, 0.3) is 17.9 Å². The molecule has 0 bridgehead atoms. The van der Waals surface area contributed by atoms with Crippen molar-refractivity contribution in [1.82, 2.24) is 29.1 Å². The predicted octanol–water partition coefficient (Wildman–Crippen LogP) is 2.61. The molecule has 0 aliphatic rings. The van der Waals surface area contributed by atoms with Gasteiger partial charge in [-0.2, -0.15) is 13.2 Å². The number of rotatable bonds is 7. The SMILES string of the molecule is CCn1c(CO)nn(-c2nnc(/C(F)=C/c3c(C)cccc3P)n2C[C@@H](C)C(F)(F)F)c1=O. The van der Waals surface area contributed by atoms with Crippen LogP contribution in [0.4, 0.5) is 17.6 Å². The quantitative estimate of drug-likeness (QED) is 0.410. The third-order valence-corrected chi connectivity index (χ3v) is 5.68. The number of hydrogen-bond donors (Lipinski definition) is 1. The van der Waals surface area contributed by atoms with Crippen LogP contribution in [0.5, 0.6) is 0 Å². The molecule has 178 valence electrons. The summed E-state index contributed by atoms with van der Waals surface area (Å²) in [5.41, 5.74) is 0.532.